The standard InChI is InChI=1S/C48H36N2/c1-33-28-40(44-16-8-6-14-42(44)36-19-23-38(24-20-36)47-18-10-11-27-49-47)31-41(29-33)45-17-9-7-15-43(45)37-21-25-39(26-22-37)48-30-34(2)46(32-50-48)35-12-4-3-5-13-35/h3-32H,1-2H3/i2D3. The number of aromatic nitrogens is 2. The summed E-state index contributed by atoms with van der Waals surface area (Å²) < 4.78 is 24.8. The Kier molecular flexibility index (Phi) is 7.51. The molecule has 0 saturated heterocycles. The molecular formula is C48H36N2. The molecule has 8 aromatic rings. The van der Waals surface area contributed by atoms with Gasteiger partial charge in [-0.1, -0.05) is 146 Å². The van der Waals surface area contributed by atoms with Crippen molar-refractivity contribution in [3.05, 3.63) is 193 Å². The molecule has 0 saturated carbocycles. The molecule has 0 bridgehead atoms. The summed E-state index contributed by atoms with van der Waals surface area (Å²) in [6.07, 6.45) is 3.50. The van der Waals surface area contributed by atoms with Crippen molar-refractivity contribution >= 4 is 0 Å². The summed E-state index contributed by atoms with van der Waals surface area (Å²) in [4.78, 5) is 9.22. The average Bonchev–Trinajstić information content (AvgIpc) is 3.21. The van der Waals surface area contributed by atoms with Crippen LogP contribution in [0, 0.1) is 13.8 Å². The van der Waals surface area contributed by atoms with E-state index in [-0.39, 0.29) is 0 Å². The molecule has 2 aromatic heterocycles. The number of hydrogen-bond acceptors (Lipinski definition) is 2. The molecule has 2 heterocycles. The summed E-state index contributed by atoms with van der Waals surface area (Å²) in [5.74, 6) is 0. The topological polar surface area (TPSA) is 25.8 Å². The van der Waals surface area contributed by atoms with Gasteiger partial charge in [0.05, 0.1) is 11.4 Å². The zero-order chi connectivity index (χ0) is 36.4. The first-order valence-electron chi connectivity index (χ1n) is 18.3. The van der Waals surface area contributed by atoms with Gasteiger partial charge in [-0.05, 0) is 99.2 Å². The fourth-order valence-electron chi connectivity index (χ4n) is 6.70. The molecule has 0 radical (unpaired) electrons. The highest BCUT2D eigenvalue weighted by Crippen LogP contribution is 2.39. The minimum atomic E-state index is -2.28. The molecule has 50 heavy (non-hydrogen) atoms. The SMILES string of the molecule is [2H]C([2H])([2H])c1cc(-c2ccc(-c3ccccc3-c3cc(C)cc(-c4ccccc4-c4ccc(-c5ccccn5)cc4)c3)cc2)ncc1-c1ccccc1. The molecular weight excluding hydrogens is 605 g/mol. The van der Waals surface area contributed by atoms with Crippen LogP contribution in [0.1, 0.15) is 15.2 Å². The van der Waals surface area contributed by atoms with Crippen LogP contribution in [0.2, 0.25) is 0 Å². The number of hydrogen-bond donors (Lipinski definition) is 0. The largest absolute Gasteiger partial charge is 0.256 e. The van der Waals surface area contributed by atoms with Gasteiger partial charge < -0.3 is 0 Å². The fraction of sp³-hybridized carbons (Fsp3) is 0.0417. The lowest BCUT2D eigenvalue weighted by Gasteiger charge is -2.16. The Morgan fingerprint density at radius 1 is 0.380 bits per heavy atom. The molecule has 8 rings (SSSR count). The summed E-state index contributed by atoms with van der Waals surface area (Å²) in [6.45, 7) is -0.127. The summed E-state index contributed by atoms with van der Waals surface area (Å²) in [5, 5.41) is 0. The van der Waals surface area contributed by atoms with Gasteiger partial charge in [-0.25, -0.2) is 0 Å². The first kappa shape index (κ1) is 27.6. The first-order chi connectivity index (χ1) is 25.8. The monoisotopic (exact) mass is 643 g/mol. The van der Waals surface area contributed by atoms with Crippen molar-refractivity contribution in [2.75, 3.05) is 0 Å². The van der Waals surface area contributed by atoms with Crippen molar-refractivity contribution in [3.63, 3.8) is 0 Å². The molecule has 0 spiro atoms. The van der Waals surface area contributed by atoms with Gasteiger partial charge >= 0.3 is 0 Å². The maximum absolute atomic E-state index is 8.26. The molecule has 0 aliphatic rings. The van der Waals surface area contributed by atoms with Crippen molar-refractivity contribution < 1.29 is 4.11 Å². The van der Waals surface area contributed by atoms with Crippen molar-refractivity contribution in [2.24, 2.45) is 0 Å². The Morgan fingerprint density at radius 2 is 0.860 bits per heavy atom. The molecule has 0 unspecified atom stereocenters. The maximum atomic E-state index is 8.26. The van der Waals surface area contributed by atoms with E-state index in [1.54, 1.807) is 12.3 Å². The fourth-order valence-corrected chi connectivity index (χ4v) is 6.70. The third-order valence-corrected chi connectivity index (χ3v) is 9.19. The van der Waals surface area contributed by atoms with Crippen LogP contribution in [0.3, 0.4) is 0 Å². The molecule has 0 amide bonds. The lowest BCUT2D eigenvalue weighted by molar-refractivity contribution is 1.29. The van der Waals surface area contributed by atoms with Gasteiger partial charge in [-0.15, -0.1) is 0 Å². The highest BCUT2D eigenvalue weighted by atomic mass is 14.7. The van der Waals surface area contributed by atoms with Crippen molar-refractivity contribution in [3.8, 4) is 78.1 Å². The van der Waals surface area contributed by atoms with Crippen LogP contribution >= 0.6 is 0 Å². The Bertz CT molecular complexity index is 2520. The molecule has 0 atom stereocenters. The summed E-state index contributed by atoms with van der Waals surface area (Å²) in [6, 6.07) is 58.0. The molecule has 0 fully saturated rings. The van der Waals surface area contributed by atoms with E-state index in [4.69, 9.17) is 9.10 Å². The van der Waals surface area contributed by atoms with E-state index < -0.39 is 6.85 Å². The summed E-state index contributed by atoms with van der Waals surface area (Å²) >= 11 is 0. The smallest absolute Gasteiger partial charge is 0.0705 e. The van der Waals surface area contributed by atoms with Crippen molar-refractivity contribution in [1.29, 1.82) is 0 Å². The molecule has 2 nitrogen and oxygen atoms in total. The maximum Gasteiger partial charge on any atom is 0.0705 e. The average molecular weight is 644 g/mol. The van der Waals surface area contributed by atoms with Gasteiger partial charge in [0.25, 0.3) is 0 Å². The number of aryl methyl sites for hydroxylation is 2. The number of rotatable bonds is 7. The second kappa shape index (κ2) is 13.6. The minimum absolute atomic E-state index is 0.293. The normalized spacial score (nSPS) is 12.1. The van der Waals surface area contributed by atoms with Gasteiger partial charge in [0.1, 0.15) is 0 Å². The third kappa shape index (κ3) is 6.27. The zero-order valence-corrected chi connectivity index (χ0v) is 27.7. The van der Waals surface area contributed by atoms with E-state index in [9.17, 15) is 0 Å². The molecule has 2 heteroatoms. The summed E-state index contributed by atoms with van der Waals surface area (Å²) in [7, 11) is 0. The van der Waals surface area contributed by atoms with Crippen LogP contribution < -0.4 is 0 Å². The molecule has 6 aromatic carbocycles. The van der Waals surface area contributed by atoms with Gasteiger partial charge in [-0.2, -0.15) is 0 Å². The minimum Gasteiger partial charge on any atom is -0.256 e. The number of nitrogens with zero attached hydrogens (tertiary/aromatic N) is 2. The van der Waals surface area contributed by atoms with Gasteiger partial charge in [0.15, 0.2) is 0 Å². The van der Waals surface area contributed by atoms with Crippen LogP contribution in [0.4, 0.5) is 0 Å². The van der Waals surface area contributed by atoms with Crippen LogP contribution in [-0.4, -0.2) is 9.97 Å². The van der Waals surface area contributed by atoms with E-state index >= 15 is 0 Å². The number of benzene rings is 6. The summed E-state index contributed by atoms with van der Waals surface area (Å²) in [5.41, 5.74) is 15.6. The Balaban J connectivity index is 1.13. The van der Waals surface area contributed by atoms with Gasteiger partial charge in [-0.3, -0.25) is 9.97 Å². The van der Waals surface area contributed by atoms with Crippen LogP contribution in [0.5, 0.6) is 0 Å². The Labute approximate surface area is 298 Å². The predicted octanol–water partition coefficient (Wildman–Crippen LogP) is 12.8. The van der Waals surface area contributed by atoms with Crippen molar-refractivity contribution in [2.45, 2.75) is 13.8 Å². The van der Waals surface area contributed by atoms with Gasteiger partial charge in [0, 0.05) is 33.2 Å². The van der Waals surface area contributed by atoms with E-state index in [1.165, 1.54) is 16.7 Å². The molecule has 238 valence electrons. The molecule has 0 aliphatic carbocycles. The third-order valence-electron chi connectivity index (χ3n) is 9.19. The predicted molar refractivity (Wildman–Crippen MR) is 210 cm³/mol. The zero-order valence-electron chi connectivity index (χ0n) is 30.7. The molecule has 0 N–H and O–H groups in total. The molecule has 0 aliphatic heterocycles. The Hall–Kier alpha value is -6.38. The van der Waals surface area contributed by atoms with E-state index in [2.05, 4.69) is 115 Å². The highest BCUT2D eigenvalue weighted by molar-refractivity contribution is 5.90. The quantitative estimate of drug-likeness (QED) is 0.173. The Morgan fingerprint density at radius 3 is 1.40 bits per heavy atom. The van der Waals surface area contributed by atoms with E-state index in [1.807, 2.05) is 66.9 Å². The van der Waals surface area contributed by atoms with Gasteiger partial charge in [0.2, 0.25) is 0 Å². The van der Waals surface area contributed by atoms with Crippen molar-refractivity contribution in [1.82, 2.24) is 9.97 Å². The highest BCUT2D eigenvalue weighted by Gasteiger charge is 2.13. The first-order valence-corrected chi connectivity index (χ1v) is 16.8. The lowest BCUT2D eigenvalue weighted by Crippen LogP contribution is -1.91. The van der Waals surface area contributed by atoms with E-state index in [0.29, 0.717) is 16.8 Å². The lowest BCUT2D eigenvalue weighted by atomic mass is 9.89. The number of pyridine rings is 2. The van der Waals surface area contributed by atoms with Crippen LogP contribution in [-0.2, 0) is 0 Å². The van der Waals surface area contributed by atoms with E-state index in [0.717, 1.165) is 55.8 Å². The van der Waals surface area contributed by atoms with Crippen LogP contribution in [0.25, 0.3) is 78.1 Å². The van der Waals surface area contributed by atoms with Crippen LogP contribution in [0.15, 0.2) is 182 Å². The second-order valence-corrected chi connectivity index (χ2v) is 12.5. The second-order valence-electron chi connectivity index (χ2n) is 12.5.